The quantitative estimate of drug-likeness (QED) is 0.854. The number of hydrogen-bond acceptors (Lipinski definition) is 3. The molecule has 0 aliphatic rings. The van der Waals surface area contributed by atoms with Gasteiger partial charge in [0.2, 0.25) is 0 Å². The molecule has 118 valence electrons. The summed E-state index contributed by atoms with van der Waals surface area (Å²) in [6.07, 6.45) is -4.41. The summed E-state index contributed by atoms with van der Waals surface area (Å²) in [5.41, 5.74) is -1.10. The predicted molar refractivity (Wildman–Crippen MR) is 80.5 cm³/mol. The summed E-state index contributed by atoms with van der Waals surface area (Å²) in [6, 6.07) is 8.57. The Morgan fingerprint density at radius 3 is 2.59 bits per heavy atom. The van der Waals surface area contributed by atoms with Crippen LogP contribution in [0.3, 0.4) is 0 Å². The van der Waals surface area contributed by atoms with Gasteiger partial charge in [-0.05, 0) is 37.6 Å². The minimum atomic E-state index is -4.76. The Morgan fingerprint density at radius 1 is 1.23 bits per heavy atom. The van der Waals surface area contributed by atoms with Crippen molar-refractivity contribution in [2.45, 2.75) is 38.5 Å². The van der Waals surface area contributed by atoms with E-state index >= 15 is 0 Å². The SMILES string of the molecule is CCCC(O)(C=Nc1cccc2nc(C)ccc12)C(F)(F)F. The van der Waals surface area contributed by atoms with Crippen molar-refractivity contribution < 1.29 is 18.3 Å². The minimum Gasteiger partial charge on any atom is -0.376 e. The number of rotatable bonds is 4. The van der Waals surface area contributed by atoms with E-state index in [2.05, 4.69) is 9.98 Å². The molecule has 0 radical (unpaired) electrons. The van der Waals surface area contributed by atoms with E-state index in [0.29, 0.717) is 22.8 Å². The number of aliphatic imine (C=N–C) groups is 1. The van der Waals surface area contributed by atoms with Crippen molar-refractivity contribution in [2.75, 3.05) is 0 Å². The van der Waals surface area contributed by atoms with Crippen molar-refractivity contribution in [2.24, 2.45) is 4.99 Å². The highest BCUT2D eigenvalue weighted by Crippen LogP contribution is 2.34. The molecule has 0 fully saturated rings. The average molecular weight is 310 g/mol. The molecule has 3 nitrogen and oxygen atoms in total. The summed E-state index contributed by atoms with van der Waals surface area (Å²) in [6.45, 7) is 3.41. The van der Waals surface area contributed by atoms with E-state index in [4.69, 9.17) is 0 Å². The van der Waals surface area contributed by atoms with E-state index in [1.807, 2.05) is 6.92 Å². The van der Waals surface area contributed by atoms with Crippen LogP contribution in [0.25, 0.3) is 10.9 Å². The minimum absolute atomic E-state index is 0.193. The third kappa shape index (κ3) is 3.27. The maximum absolute atomic E-state index is 13.0. The van der Waals surface area contributed by atoms with Crippen molar-refractivity contribution in [1.82, 2.24) is 4.98 Å². The van der Waals surface area contributed by atoms with E-state index in [9.17, 15) is 18.3 Å². The molecule has 0 bridgehead atoms. The number of aliphatic hydroxyl groups is 1. The zero-order valence-electron chi connectivity index (χ0n) is 12.4. The maximum atomic E-state index is 13.0. The first-order valence-electron chi connectivity index (χ1n) is 6.97. The van der Waals surface area contributed by atoms with Gasteiger partial charge in [-0.15, -0.1) is 0 Å². The van der Waals surface area contributed by atoms with Crippen molar-refractivity contribution >= 4 is 22.8 Å². The van der Waals surface area contributed by atoms with Gasteiger partial charge in [-0.3, -0.25) is 9.98 Å². The van der Waals surface area contributed by atoms with Crippen LogP contribution in [0.4, 0.5) is 18.9 Å². The molecule has 0 aliphatic carbocycles. The first kappa shape index (κ1) is 16.4. The average Bonchev–Trinajstić information content (AvgIpc) is 2.43. The molecule has 1 unspecified atom stereocenters. The second kappa shape index (κ2) is 6.04. The highest BCUT2D eigenvalue weighted by Gasteiger charge is 2.51. The van der Waals surface area contributed by atoms with Crippen LogP contribution in [-0.4, -0.2) is 28.1 Å². The second-order valence-electron chi connectivity index (χ2n) is 5.23. The van der Waals surface area contributed by atoms with E-state index in [0.717, 1.165) is 5.69 Å². The number of aromatic nitrogens is 1. The molecular formula is C16H17F3N2O. The fourth-order valence-electron chi connectivity index (χ4n) is 2.19. The lowest BCUT2D eigenvalue weighted by molar-refractivity contribution is -0.230. The Morgan fingerprint density at radius 2 is 1.95 bits per heavy atom. The van der Waals surface area contributed by atoms with E-state index in [1.165, 1.54) is 0 Å². The largest absolute Gasteiger partial charge is 0.422 e. The van der Waals surface area contributed by atoms with Crippen LogP contribution in [0.2, 0.25) is 0 Å². The number of alkyl halides is 3. The van der Waals surface area contributed by atoms with Crippen LogP contribution in [0.15, 0.2) is 35.3 Å². The maximum Gasteiger partial charge on any atom is 0.422 e. The van der Waals surface area contributed by atoms with E-state index in [-0.39, 0.29) is 6.42 Å². The van der Waals surface area contributed by atoms with Crippen LogP contribution in [0.1, 0.15) is 25.5 Å². The lowest BCUT2D eigenvalue weighted by Gasteiger charge is -2.26. The summed E-state index contributed by atoms with van der Waals surface area (Å²) >= 11 is 0. The lowest BCUT2D eigenvalue weighted by Crippen LogP contribution is -2.46. The van der Waals surface area contributed by atoms with Gasteiger partial charge in [0.25, 0.3) is 0 Å². The van der Waals surface area contributed by atoms with Crippen LogP contribution < -0.4 is 0 Å². The summed E-state index contributed by atoms with van der Waals surface area (Å²) in [5, 5.41) is 10.5. The Bertz CT molecular complexity index is 697. The number of benzene rings is 1. The molecule has 0 spiro atoms. The molecule has 1 N–H and O–H groups in total. The standard InChI is InChI=1S/C16H17F3N2O/c1-3-9-15(22,16(17,18)19)10-20-13-5-4-6-14-12(13)8-7-11(2)21-14/h4-8,10,22H,3,9H2,1-2H3. The number of hydrogen-bond donors (Lipinski definition) is 1. The van der Waals surface area contributed by atoms with Crippen LogP contribution in [0.5, 0.6) is 0 Å². The second-order valence-corrected chi connectivity index (χ2v) is 5.23. The number of fused-ring (bicyclic) bond motifs is 1. The smallest absolute Gasteiger partial charge is 0.376 e. The van der Waals surface area contributed by atoms with Gasteiger partial charge in [0, 0.05) is 17.3 Å². The monoisotopic (exact) mass is 310 g/mol. The normalized spacial score (nSPS) is 15.4. The Hall–Kier alpha value is -1.95. The topological polar surface area (TPSA) is 45.5 Å². The van der Waals surface area contributed by atoms with Crippen molar-refractivity contribution in [1.29, 1.82) is 0 Å². The van der Waals surface area contributed by atoms with Crippen LogP contribution >= 0.6 is 0 Å². The summed E-state index contributed by atoms with van der Waals surface area (Å²) in [5.74, 6) is 0. The molecule has 1 atom stereocenters. The van der Waals surface area contributed by atoms with Gasteiger partial charge in [-0.2, -0.15) is 13.2 Å². The molecule has 0 saturated heterocycles. The van der Waals surface area contributed by atoms with E-state index < -0.39 is 18.2 Å². The van der Waals surface area contributed by atoms with Gasteiger partial charge in [0.1, 0.15) is 0 Å². The van der Waals surface area contributed by atoms with Gasteiger partial charge in [-0.1, -0.05) is 19.4 Å². The van der Waals surface area contributed by atoms with Crippen LogP contribution in [0, 0.1) is 6.92 Å². The van der Waals surface area contributed by atoms with Gasteiger partial charge >= 0.3 is 6.18 Å². The first-order valence-corrected chi connectivity index (χ1v) is 6.97. The summed E-state index contributed by atoms with van der Waals surface area (Å²) in [7, 11) is 0. The van der Waals surface area contributed by atoms with Crippen LogP contribution in [-0.2, 0) is 0 Å². The number of halogens is 3. The highest BCUT2D eigenvalue weighted by molar-refractivity contribution is 5.92. The lowest BCUT2D eigenvalue weighted by atomic mass is 9.99. The Kier molecular flexibility index (Phi) is 4.51. The molecule has 2 aromatic rings. The fourth-order valence-corrected chi connectivity index (χ4v) is 2.19. The van der Waals surface area contributed by atoms with Gasteiger partial charge < -0.3 is 5.11 Å². The zero-order chi connectivity index (χ0) is 16.4. The third-order valence-electron chi connectivity index (χ3n) is 3.39. The number of aryl methyl sites for hydroxylation is 1. The van der Waals surface area contributed by atoms with Crippen molar-refractivity contribution in [3.05, 3.63) is 36.0 Å². The zero-order valence-corrected chi connectivity index (χ0v) is 12.4. The molecule has 2 rings (SSSR count). The Balaban J connectivity index is 2.45. The number of nitrogens with zero attached hydrogens (tertiary/aromatic N) is 2. The Labute approximate surface area is 126 Å². The molecule has 1 aromatic heterocycles. The number of pyridine rings is 1. The third-order valence-corrected chi connectivity index (χ3v) is 3.39. The molecule has 6 heteroatoms. The molecule has 1 aromatic carbocycles. The summed E-state index contributed by atoms with van der Waals surface area (Å²) < 4.78 is 39.0. The first-order chi connectivity index (χ1) is 10.3. The van der Waals surface area contributed by atoms with Crippen molar-refractivity contribution in [3.63, 3.8) is 0 Å². The molecule has 1 heterocycles. The molecule has 0 saturated carbocycles. The van der Waals surface area contributed by atoms with Gasteiger partial charge in [0.05, 0.1) is 11.2 Å². The van der Waals surface area contributed by atoms with Gasteiger partial charge in [0.15, 0.2) is 5.60 Å². The molecule has 0 aliphatic heterocycles. The van der Waals surface area contributed by atoms with Gasteiger partial charge in [-0.25, -0.2) is 0 Å². The molecule has 0 amide bonds. The fraction of sp³-hybridized carbons (Fsp3) is 0.375. The highest BCUT2D eigenvalue weighted by atomic mass is 19.4. The molecule has 22 heavy (non-hydrogen) atoms. The summed E-state index contributed by atoms with van der Waals surface area (Å²) in [4.78, 5) is 8.19. The molecular weight excluding hydrogens is 293 g/mol. The van der Waals surface area contributed by atoms with Crippen molar-refractivity contribution in [3.8, 4) is 0 Å². The van der Waals surface area contributed by atoms with E-state index in [1.54, 1.807) is 37.3 Å². The predicted octanol–water partition coefficient (Wildman–Crippen LogP) is 4.34.